The van der Waals surface area contributed by atoms with E-state index in [2.05, 4.69) is 34.9 Å². The van der Waals surface area contributed by atoms with Gasteiger partial charge in [-0.2, -0.15) is 0 Å². The van der Waals surface area contributed by atoms with Crippen molar-refractivity contribution in [1.82, 2.24) is 5.32 Å². The van der Waals surface area contributed by atoms with E-state index in [0.717, 1.165) is 16.8 Å². The molecular formula is C30H34N2O. The van der Waals surface area contributed by atoms with E-state index in [4.69, 9.17) is 0 Å². The maximum absolute atomic E-state index is 12.7. The third-order valence-corrected chi connectivity index (χ3v) is 7.20. The van der Waals surface area contributed by atoms with Gasteiger partial charge in [0.25, 0.3) is 5.91 Å². The summed E-state index contributed by atoms with van der Waals surface area (Å²) < 4.78 is 0. The maximum Gasteiger partial charge on any atom is 0.255 e. The first kappa shape index (κ1) is 21.9. The Labute approximate surface area is 197 Å². The van der Waals surface area contributed by atoms with Gasteiger partial charge in [0.05, 0.1) is 0 Å². The molecule has 2 fully saturated rings. The molecule has 5 rings (SSSR count). The van der Waals surface area contributed by atoms with E-state index >= 15 is 0 Å². The summed E-state index contributed by atoms with van der Waals surface area (Å²) in [5.74, 6) is 0.545. The highest BCUT2D eigenvalue weighted by Gasteiger charge is 2.39. The van der Waals surface area contributed by atoms with E-state index < -0.39 is 0 Å². The van der Waals surface area contributed by atoms with Crippen molar-refractivity contribution in [3.63, 3.8) is 0 Å². The average Bonchev–Trinajstić information content (AvgIpc) is 3.61. The first-order valence-electron chi connectivity index (χ1n) is 12.6. The standard InChI is InChI=1S/C30H34N2O/c33-30(25-15-13-23(14-16-25)22-9-5-4-6-10-22)32-27-19-17-24(18-20-27)28-21-29(28)31-26-11-7-2-1-3-8-12-26/h4-6,9-10,13-20,26,28-29,31H,1-3,7-8,11-12,21H2,(H,32,33). The Morgan fingerprint density at radius 2 is 1.33 bits per heavy atom. The van der Waals surface area contributed by atoms with Crippen LogP contribution in [0.4, 0.5) is 5.69 Å². The summed E-state index contributed by atoms with van der Waals surface area (Å²) in [6, 6.07) is 27.8. The molecule has 3 aromatic rings. The number of carbonyl (C=O) groups excluding carboxylic acids is 1. The summed E-state index contributed by atoms with van der Waals surface area (Å²) in [7, 11) is 0. The predicted molar refractivity (Wildman–Crippen MR) is 137 cm³/mol. The molecule has 2 unspecified atom stereocenters. The van der Waals surface area contributed by atoms with Crippen LogP contribution in [0.2, 0.25) is 0 Å². The van der Waals surface area contributed by atoms with E-state index in [1.807, 2.05) is 54.6 Å². The van der Waals surface area contributed by atoms with Gasteiger partial charge in [0, 0.05) is 29.3 Å². The van der Waals surface area contributed by atoms with Crippen LogP contribution in [0.3, 0.4) is 0 Å². The van der Waals surface area contributed by atoms with Crippen LogP contribution >= 0.6 is 0 Å². The fraction of sp³-hybridized carbons (Fsp3) is 0.367. The second kappa shape index (κ2) is 10.4. The Balaban J connectivity index is 1.14. The smallest absolute Gasteiger partial charge is 0.255 e. The van der Waals surface area contributed by atoms with Crippen LogP contribution in [0.5, 0.6) is 0 Å². The molecule has 2 saturated carbocycles. The van der Waals surface area contributed by atoms with E-state index in [9.17, 15) is 4.79 Å². The van der Waals surface area contributed by atoms with Crippen molar-refractivity contribution in [2.75, 3.05) is 5.32 Å². The number of benzene rings is 3. The Morgan fingerprint density at radius 1 is 0.697 bits per heavy atom. The lowest BCUT2D eigenvalue weighted by Gasteiger charge is -2.21. The van der Waals surface area contributed by atoms with Gasteiger partial charge < -0.3 is 10.6 Å². The van der Waals surface area contributed by atoms with E-state index in [1.165, 1.54) is 56.9 Å². The Bertz CT molecular complexity index is 1030. The van der Waals surface area contributed by atoms with Crippen LogP contribution < -0.4 is 10.6 Å². The van der Waals surface area contributed by atoms with Crippen molar-refractivity contribution >= 4 is 11.6 Å². The lowest BCUT2D eigenvalue weighted by atomic mass is 9.96. The third-order valence-electron chi connectivity index (χ3n) is 7.20. The summed E-state index contributed by atoms with van der Waals surface area (Å²) in [5.41, 5.74) is 5.17. The Kier molecular flexibility index (Phi) is 6.87. The van der Waals surface area contributed by atoms with Gasteiger partial charge in [0.2, 0.25) is 0 Å². The highest BCUT2D eigenvalue weighted by Crippen LogP contribution is 2.42. The number of anilines is 1. The zero-order valence-corrected chi connectivity index (χ0v) is 19.3. The monoisotopic (exact) mass is 438 g/mol. The molecule has 0 radical (unpaired) electrons. The van der Waals surface area contributed by atoms with Crippen LogP contribution in [0.15, 0.2) is 78.9 Å². The summed E-state index contributed by atoms with van der Waals surface area (Å²) in [5, 5.41) is 6.96. The third kappa shape index (κ3) is 5.72. The molecule has 170 valence electrons. The molecule has 2 atom stereocenters. The van der Waals surface area contributed by atoms with Crippen LogP contribution in [-0.2, 0) is 0 Å². The minimum Gasteiger partial charge on any atom is -0.322 e. The second-order valence-corrected chi connectivity index (χ2v) is 9.68. The van der Waals surface area contributed by atoms with Crippen molar-refractivity contribution in [3.8, 4) is 11.1 Å². The maximum atomic E-state index is 12.7. The number of amides is 1. The van der Waals surface area contributed by atoms with E-state index in [-0.39, 0.29) is 5.91 Å². The summed E-state index contributed by atoms with van der Waals surface area (Å²) in [6.45, 7) is 0. The minimum atomic E-state index is -0.0717. The Hall–Kier alpha value is -2.91. The molecule has 0 aromatic heterocycles. The van der Waals surface area contributed by atoms with Crippen molar-refractivity contribution in [1.29, 1.82) is 0 Å². The molecule has 3 heteroatoms. The van der Waals surface area contributed by atoms with Crippen LogP contribution in [0, 0.1) is 0 Å². The molecule has 0 aliphatic heterocycles. The van der Waals surface area contributed by atoms with Crippen LogP contribution in [0.25, 0.3) is 11.1 Å². The van der Waals surface area contributed by atoms with Crippen molar-refractivity contribution < 1.29 is 4.79 Å². The number of hydrogen-bond acceptors (Lipinski definition) is 2. The zero-order chi connectivity index (χ0) is 22.5. The largest absolute Gasteiger partial charge is 0.322 e. The summed E-state index contributed by atoms with van der Waals surface area (Å²) in [6.07, 6.45) is 10.9. The van der Waals surface area contributed by atoms with Crippen LogP contribution in [-0.4, -0.2) is 18.0 Å². The van der Waals surface area contributed by atoms with Gasteiger partial charge in [-0.1, -0.05) is 86.7 Å². The second-order valence-electron chi connectivity index (χ2n) is 9.68. The zero-order valence-electron chi connectivity index (χ0n) is 19.3. The summed E-state index contributed by atoms with van der Waals surface area (Å²) >= 11 is 0. The molecule has 0 saturated heterocycles. The fourth-order valence-corrected chi connectivity index (χ4v) is 5.13. The lowest BCUT2D eigenvalue weighted by Crippen LogP contribution is -2.32. The predicted octanol–water partition coefficient (Wildman–Crippen LogP) is 7.16. The van der Waals surface area contributed by atoms with Gasteiger partial charge in [-0.05, 0) is 60.2 Å². The first-order chi connectivity index (χ1) is 16.3. The van der Waals surface area contributed by atoms with Crippen LogP contribution in [0.1, 0.15) is 73.2 Å². The molecular weight excluding hydrogens is 404 g/mol. The molecule has 2 N–H and O–H groups in total. The molecule has 0 spiro atoms. The first-order valence-corrected chi connectivity index (χ1v) is 12.6. The van der Waals surface area contributed by atoms with Gasteiger partial charge in [0.15, 0.2) is 0 Å². The molecule has 2 aliphatic rings. The lowest BCUT2D eigenvalue weighted by molar-refractivity contribution is 0.102. The number of hydrogen-bond donors (Lipinski definition) is 2. The molecule has 0 bridgehead atoms. The van der Waals surface area contributed by atoms with Crippen molar-refractivity contribution in [2.24, 2.45) is 0 Å². The topological polar surface area (TPSA) is 41.1 Å². The molecule has 3 aromatic carbocycles. The van der Waals surface area contributed by atoms with E-state index in [0.29, 0.717) is 23.6 Å². The number of nitrogens with one attached hydrogen (secondary N) is 2. The SMILES string of the molecule is O=C(Nc1ccc(C2CC2NC2CCCCCCC2)cc1)c1ccc(-c2ccccc2)cc1. The highest BCUT2D eigenvalue weighted by atomic mass is 16.1. The van der Waals surface area contributed by atoms with Crippen molar-refractivity contribution in [2.45, 2.75) is 69.4 Å². The normalized spacial score (nSPS) is 21.1. The molecule has 3 nitrogen and oxygen atoms in total. The average molecular weight is 439 g/mol. The molecule has 33 heavy (non-hydrogen) atoms. The van der Waals surface area contributed by atoms with E-state index in [1.54, 1.807) is 0 Å². The van der Waals surface area contributed by atoms with Gasteiger partial charge in [-0.15, -0.1) is 0 Å². The molecule has 0 heterocycles. The molecule has 2 aliphatic carbocycles. The minimum absolute atomic E-state index is 0.0717. The fourth-order valence-electron chi connectivity index (χ4n) is 5.13. The van der Waals surface area contributed by atoms with Crippen molar-refractivity contribution in [3.05, 3.63) is 90.0 Å². The Morgan fingerprint density at radius 3 is 2.03 bits per heavy atom. The van der Waals surface area contributed by atoms with Gasteiger partial charge in [-0.3, -0.25) is 4.79 Å². The van der Waals surface area contributed by atoms with Gasteiger partial charge in [-0.25, -0.2) is 0 Å². The number of rotatable bonds is 6. The summed E-state index contributed by atoms with van der Waals surface area (Å²) in [4.78, 5) is 12.7. The van der Waals surface area contributed by atoms with Gasteiger partial charge in [0.1, 0.15) is 0 Å². The molecule has 1 amide bonds. The highest BCUT2D eigenvalue weighted by molar-refractivity contribution is 6.04. The van der Waals surface area contributed by atoms with Gasteiger partial charge >= 0.3 is 0 Å². The number of carbonyl (C=O) groups is 1. The quantitative estimate of drug-likeness (QED) is 0.428.